The molecule has 2 nitrogen and oxygen atoms in total. The van der Waals surface area contributed by atoms with Crippen molar-refractivity contribution in [1.82, 2.24) is 4.98 Å². The van der Waals surface area contributed by atoms with Crippen molar-refractivity contribution in [2.75, 3.05) is 12.5 Å². The largest absolute Gasteiger partial charge is 0.235 e. The number of allylic oxidation sites excluding steroid dienone is 1. The zero-order chi connectivity index (χ0) is 13.7. The number of nitrogens with zero attached hydrogens (tertiary/aromatic N) is 2. The quantitative estimate of drug-likeness (QED) is 0.765. The maximum atomic E-state index is 9.32. The van der Waals surface area contributed by atoms with Gasteiger partial charge in [0.25, 0.3) is 0 Å². The Morgan fingerprint density at radius 2 is 1.89 bits per heavy atom. The first-order chi connectivity index (χ1) is 9.30. The van der Waals surface area contributed by atoms with Gasteiger partial charge in [0.05, 0.1) is 9.93 Å². The molecular weight excluding hydrogens is 292 g/mol. The van der Waals surface area contributed by atoms with Gasteiger partial charge in [0, 0.05) is 10.9 Å². The van der Waals surface area contributed by atoms with E-state index in [0.717, 1.165) is 20.5 Å². The lowest BCUT2D eigenvalue weighted by Crippen LogP contribution is -1.84. The van der Waals surface area contributed by atoms with Crippen LogP contribution in [-0.2, 0) is 0 Å². The number of hydrogen-bond donors (Lipinski definition) is 0. The number of rotatable bonds is 4. The maximum Gasteiger partial charge on any atom is 0.136 e. The molecule has 1 heterocycles. The molecule has 0 aliphatic rings. The summed E-state index contributed by atoms with van der Waals surface area (Å²) in [7, 11) is 0. The van der Waals surface area contributed by atoms with E-state index in [1.54, 1.807) is 23.5 Å². The van der Waals surface area contributed by atoms with Crippen LogP contribution in [0, 0.1) is 11.3 Å². The molecule has 0 N–H and O–H groups in total. The van der Waals surface area contributed by atoms with Crippen molar-refractivity contribution in [3.05, 3.63) is 45.0 Å². The van der Waals surface area contributed by atoms with Crippen LogP contribution >= 0.6 is 34.9 Å². The monoisotopic (exact) mass is 304 g/mol. The second-order valence-electron chi connectivity index (χ2n) is 3.59. The highest BCUT2D eigenvalue weighted by Crippen LogP contribution is 2.35. The van der Waals surface area contributed by atoms with E-state index in [2.05, 4.69) is 11.1 Å². The molecule has 0 aliphatic heterocycles. The van der Waals surface area contributed by atoms with Crippen LogP contribution in [0.15, 0.2) is 39.9 Å². The molecule has 0 bridgehead atoms. The first-order valence-electron chi connectivity index (χ1n) is 5.53. The molecule has 0 spiro atoms. The van der Waals surface area contributed by atoms with Gasteiger partial charge in [-0.3, -0.25) is 0 Å². The SMILES string of the molecule is CSC(SC)=C(C#N)c1nc(-c2ccccc2)cs1. The fourth-order valence-corrected chi connectivity index (χ4v) is 3.92. The van der Waals surface area contributed by atoms with Gasteiger partial charge in [-0.15, -0.1) is 34.9 Å². The zero-order valence-electron chi connectivity index (χ0n) is 10.6. The third kappa shape index (κ3) is 3.21. The van der Waals surface area contributed by atoms with Gasteiger partial charge in [0.2, 0.25) is 0 Å². The molecular formula is C14H12N2S3. The van der Waals surface area contributed by atoms with Crippen LogP contribution in [0.4, 0.5) is 0 Å². The van der Waals surface area contributed by atoms with E-state index in [9.17, 15) is 5.26 Å². The van der Waals surface area contributed by atoms with Gasteiger partial charge < -0.3 is 0 Å². The molecule has 1 aromatic carbocycles. The van der Waals surface area contributed by atoms with Crippen LogP contribution < -0.4 is 0 Å². The van der Waals surface area contributed by atoms with Crippen LogP contribution in [0.1, 0.15) is 5.01 Å². The summed E-state index contributed by atoms with van der Waals surface area (Å²) in [6.07, 6.45) is 3.96. The van der Waals surface area contributed by atoms with Crippen LogP contribution in [0.25, 0.3) is 16.8 Å². The Balaban J connectivity index is 2.42. The van der Waals surface area contributed by atoms with Crippen LogP contribution in [0.3, 0.4) is 0 Å². The topological polar surface area (TPSA) is 36.7 Å². The number of thiazole rings is 1. The van der Waals surface area contributed by atoms with Crippen molar-refractivity contribution in [3.63, 3.8) is 0 Å². The third-order valence-electron chi connectivity index (χ3n) is 2.47. The van der Waals surface area contributed by atoms with E-state index in [1.165, 1.54) is 11.3 Å². The van der Waals surface area contributed by atoms with Crippen molar-refractivity contribution < 1.29 is 0 Å². The summed E-state index contributed by atoms with van der Waals surface area (Å²) in [6.45, 7) is 0. The van der Waals surface area contributed by atoms with Crippen molar-refractivity contribution in [2.45, 2.75) is 0 Å². The molecule has 0 saturated heterocycles. The molecule has 5 heteroatoms. The van der Waals surface area contributed by atoms with E-state index < -0.39 is 0 Å². The standard InChI is InChI=1S/C14H12N2S3/c1-17-14(18-2)11(8-15)13-16-12(9-19-13)10-6-4-3-5-7-10/h3-7,9H,1-2H3. The highest BCUT2D eigenvalue weighted by molar-refractivity contribution is 8.22. The van der Waals surface area contributed by atoms with E-state index in [0.29, 0.717) is 5.57 Å². The van der Waals surface area contributed by atoms with Crippen molar-refractivity contribution in [3.8, 4) is 17.3 Å². The van der Waals surface area contributed by atoms with Gasteiger partial charge in [0.15, 0.2) is 0 Å². The minimum Gasteiger partial charge on any atom is -0.235 e. The lowest BCUT2D eigenvalue weighted by Gasteiger charge is -2.01. The Bertz CT molecular complexity index is 618. The minimum atomic E-state index is 0.673. The molecule has 0 atom stereocenters. The van der Waals surface area contributed by atoms with Crippen LogP contribution in [-0.4, -0.2) is 17.5 Å². The summed E-state index contributed by atoms with van der Waals surface area (Å²) in [6, 6.07) is 12.3. The fraction of sp³-hybridized carbons (Fsp3) is 0.143. The van der Waals surface area contributed by atoms with Crippen LogP contribution in [0.2, 0.25) is 0 Å². The molecule has 19 heavy (non-hydrogen) atoms. The van der Waals surface area contributed by atoms with Gasteiger partial charge in [-0.2, -0.15) is 5.26 Å². The molecule has 2 rings (SSSR count). The summed E-state index contributed by atoms with van der Waals surface area (Å²) in [5.74, 6) is 0. The Labute approximate surface area is 125 Å². The van der Waals surface area contributed by atoms with Crippen molar-refractivity contribution >= 4 is 40.4 Å². The normalized spacial score (nSPS) is 9.95. The number of thioether (sulfide) groups is 2. The van der Waals surface area contributed by atoms with E-state index in [1.807, 2.05) is 48.2 Å². The summed E-state index contributed by atoms with van der Waals surface area (Å²) < 4.78 is 1.01. The van der Waals surface area contributed by atoms with Gasteiger partial charge >= 0.3 is 0 Å². The van der Waals surface area contributed by atoms with E-state index >= 15 is 0 Å². The average molecular weight is 304 g/mol. The molecule has 0 amide bonds. The smallest absolute Gasteiger partial charge is 0.136 e. The molecule has 1 aromatic heterocycles. The first-order valence-corrected chi connectivity index (χ1v) is 8.86. The number of nitriles is 1. The molecule has 0 fully saturated rings. The van der Waals surface area contributed by atoms with Crippen molar-refractivity contribution in [2.24, 2.45) is 0 Å². The first kappa shape index (κ1) is 14.2. The summed E-state index contributed by atoms with van der Waals surface area (Å²) in [5, 5.41) is 12.1. The Hall–Kier alpha value is -1.22. The van der Waals surface area contributed by atoms with Gasteiger partial charge in [0.1, 0.15) is 16.6 Å². The molecule has 0 aliphatic carbocycles. The summed E-state index contributed by atoms with van der Waals surface area (Å²) >= 11 is 4.70. The zero-order valence-corrected chi connectivity index (χ0v) is 13.0. The predicted octanol–water partition coefficient (Wildman–Crippen LogP) is 4.73. The number of benzene rings is 1. The summed E-state index contributed by atoms with van der Waals surface area (Å²) in [4.78, 5) is 4.58. The molecule has 0 saturated carbocycles. The molecule has 0 radical (unpaired) electrons. The fourth-order valence-electron chi connectivity index (χ4n) is 1.60. The lowest BCUT2D eigenvalue weighted by atomic mass is 10.2. The molecule has 0 unspecified atom stereocenters. The van der Waals surface area contributed by atoms with E-state index in [4.69, 9.17) is 0 Å². The maximum absolute atomic E-state index is 9.32. The minimum absolute atomic E-state index is 0.673. The molecule has 96 valence electrons. The second kappa shape index (κ2) is 6.80. The second-order valence-corrected chi connectivity index (χ2v) is 6.34. The predicted molar refractivity (Wildman–Crippen MR) is 87.1 cm³/mol. The Kier molecular flexibility index (Phi) is 5.08. The molecule has 2 aromatic rings. The van der Waals surface area contributed by atoms with Gasteiger partial charge in [-0.1, -0.05) is 30.3 Å². The summed E-state index contributed by atoms with van der Waals surface area (Å²) in [5.41, 5.74) is 2.68. The van der Waals surface area contributed by atoms with Gasteiger partial charge in [-0.25, -0.2) is 4.98 Å². The highest BCUT2D eigenvalue weighted by atomic mass is 32.2. The average Bonchev–Trinajstić information content (AvgIpc) is 2.95. The van der Waals surface area contributed by atoms with Crippen molar-refractivity contribution in [1.29, 1.82) is 5.26 Å². The van der Waals surface area contributed by atoms with E-state index in [-0.39, 0.29) is 0 Å². The number of hydrogen-bond acceptors (Lipinski definition) is 5. The van der Waals surface area contributed by atoms with Gasteiger partial charge in [-0.05, 0) is 12.5 Å². The highest BCUT2D eigenvalue weighted by Gasteiger charge is 2.13. The Morgan fingerprint density at radius 1 is 1.21 bits per heavy atom. The Morgan fingerprint density at radius 3 is 2.47 bits per heavy atom. The number of aromatic nitrogens is 1. The third-order valence-corrected chi connectivity index (χ3v) is 5.48. The lowest BCUT2D eigenvalue weighted by molar-refractivity contribution is 1.37. The van der Waals surface area contributed by atoms with Crippen LogP contribution in [0.5, 0.6) is 0 Å².